The highest BCUT2D eigenvalue weighted by Crippen LogP contribution is 2.23. The first-order valence-corrected chi connectivity index (χ1v) is 8.04. The van der Waals surface area contributed by atoms with Crippen molar-refractivity contribution < 1.29 is 23.1 Å². The molecule has 0 spiro atoms. The number of likely N-dealkylation sites (tertiary alicyclic amines) is 1. The van der Waals surface area contributed by atoms with Crippen molar-refractivity contribution in [3.05, 3.63) is 29.3 Å². The normalized spacial score (nSPS) is 17.3. The third kappa shape index (κ3) is 4.66. The SMILES string of the molecule is COc1ccc(F)c(CNC(=O)[C@@H]2CC(=O)N(CCN(C)C)C2)c1F. The molecule has 25 heavy (non-hydrogen) atoms. The van der Waals surface area contributed by atoms with Crippen LogP contribution in [0, 0.1) is 17.6 Å². The van der Waals surface area contributed by atoms with Crippen LogP contribution in [0.15, 0.2) is 12.1 Å². The second-order valence-electron chi connectivity index (χ2n) is 6.30. The molecule has 1 atom stereocenters. The van der Waals surface area contributed by atoms with Crippen LogP contribution in [0.3, 0.4) is 0 Å². The van der Waals surface area contributed by atoms with Crippen molar-refractivity contribution in [2.24, 2.45) is 5.92 Å². The largest absolute Gasteiger partial charge is 0.494 e. The molecule has 1 heterocycles. The van der Waals surface area contributed by atoms with Crippen LogP contribution < -0.4 is 10.1 Å². The summed E-state index contributed by atoms with van der Waals surface area (Å²) in [4.78, 5) is 27.8. The minimum atomic E-state index is -0.835. The lowest BCUT2D eigenvalue weighted by molar-refractivity contribution is -0.129. The smallest absolute Gasteiger partial charge is 0.225 e. The van der Waals surface area contributed by atoms with Crippen molar-refractivity contribution in [3.63, 3.8) is 0 Å². The first-order valence-electron chi connectivity index (χ1n) is 8.04. The van der Waals surface area contributed by atoms with Crippen molar-refractivity contribution in [1.29, 1.82) is 0 Å². The lowest BCUT2D eigenvalue weighted by Gasteiger charge is -2.19. The zero-order valence-corrected chi connectivity index (χ0v) is 14.6. The molecule has 8 heteroatoms. The van der Waals surface area contributed by atoms with E-state index in [0.717, 1.165) is 6.07 Å². The fraction of sp³-hybridized carbons (Fsp3) is 0.529. The Hall–Kier alpha value is -2.22. The van der Waals surface area contributed by atoms with E-state index in [1.165, 1.54) is 13.2 Å². The van der Waals surface area contributed by atoms with Gasteiger partial charge in [-0.15, -0.1) is 0 Å². The summed E-state index contributed by atoms with van der Waals surface area (Å²) < 4.78 is 32.7. The molecule has 1 aromatic rings. The molecular formula is C17H23F2N3O3. The van der Waals surface area contributed by atoms with Gasteiger partial charge in [-0.1, -0.05) is 0 Å². The summed E-state index contributed by atoms with van der Waals surface area (Å²) in [5.41, 5.74) is -0.263. The van der Waals surface area contributed by atoms with Gasteiger partial charge in [-0.25, -0.2) is 8.78 Å². The Morgan fingerprint density at radius 3 is 2.76 bits per heavy atom. The zero-order chi connectivity index (χ0) is 18.6. The van der Waals surface area contributed by atoms with Crippen LogP contribution in [0.5, 0.6) is 5.75 Å². The lowest BCUT2D eigenvalue weighted by Crippen LogP contribution is -2.35. The van der Waals surface area contributed by atoms with Crippen LogP contribution in [0.25, 0.3) is 0 Å². The van der Waals surface area contributed by atoms with Gasteiger partial charge in [0.15, 0.2) is 11.6 Å². The van der Waals surface area contributed by atoms with Gasteiger partial charge >= 0.3 is 0 Å². The van der Waals surface area contributed by atoms with E-state index in [0.29, 0.717) is 19.6 Å². The standard InChI is InChI=1S/C17H23F2N3O3/c1-21(2)6-7-22-10-11(8-15(22)23)17(24)20-9-12-13(18)4-5-14(25-3)16(12)19/h4-5,11H,6-10H2,1-3H3,(H,20,24)/t11-/m1/s1. The third-order valence-corrected chi connectivity index (χ3v) is 4.21. The minimum Gasteiger partial charge on any atom is -0.494 e. The molecule has 1 N–H and O–H groups in total. The third-order valence-electron chi connectivity index (χ3n) is 4.21. The number of hydrogen-bond donors (Lipinski definition) is 1. The number of ether oxygens (including phenoxy) is 1. The van der Waals surface area contributed by atoms with E-state index in [1.54, 1.807) is 4.90 Å². The Morgan fingerprint density at radius 2 is 2.12 bits per heavy atom. The van der Waals surface area contributed by atoms with Gasteiger partial charge in [0.2, 0.25) is 11.8 Å². The van der Waals surface area contributed by atoms with Gasteiger partial charge in [0.25, 0.3) is 0 Å². The highest BCUT2D eigenvalue weighted by Gasteiger charge is 2.34. The van der Waals surface area contributed by atoms with Crippen molar-refractivity contribution in [2.75, 3.05) is 40.8 Å². The first-order chi connectivity index (χ1) is 11.8. The maximum Gasteiger partial charge on any atom is 0.225 e. The van der Waals surface area contributed by atoms with Crippen molar-refractivity contribution >= 4 is 11.8 Å². The lowest BCUT2D eigenvalue weighted by atomic mass is 10.1. The average molecular weight is 355 g/mol. The molecule has 6 nitrogen and oxygen atoms in total. The number of halogens is 2. The van der Waals surface area contributed by atoms with Crippen LogP contribution in [0.1, 0.15) is 12.0 Å². The summed E-state index contributed by atoms with van der Waals surface area (Å²) in [7, 11) is 5.09. The van der Waals surface area contributed by atoms with E-state index in [2.05, 4.69) is 5.32 Å². The summed E-state index contributed by atoms with van der Waals surface area (Å²) in [6.07, 6.45) is 0.113. The number of carbonyl (C=O) groups is 2. The highest BCUT2D eigenvalue weighted by atomic mass is 19.1. The highest BCUT2D eigenvalue weighted by molar-refractivity contribution is 5.89. The van der Waals surface area contributed by atoms with Gasteiger partial charge in [-0.05, 0) is 26.2 Å². The van der Waals surface area contributed by atoms with Crippen LogP contribution in [0.2, 0.25) is 0 Å². The number of nitrogens with one attached hydrogen (secondary N) is 1. The maximum absolute atomic E-state index is 14.1. The molecular weight excluding hydrogens is 332 g/mol. The number of methoxy groups -OCH3 is 1. The van der Waals surface area contributed by atoms with Gasteiger partial charge in [-0.3, -0.25) is 9.59 Å². The molecule has 0 aromatic heterocycles. The van der Waals surface area contributed by atoms with E-state index in [4.69, 9.17) is 4.74 Å². The molecule has 1 fully saturated rings. The minimum absolute atomic E-state index is 0.0826. The van der Waals surface area contributed by atoms with E-state index in [9.17, 15) is 18.4 Å². The molecule has 0 aliphatic carbocycles. The summed E-state index contributed by atoms with van der Waals surface area (Å²) in [6, 6.07) is 2.28. The van der Waals surface area contributed by atoms with Gasteiger partial charge in [0, 0.05) is 38.2 Å². The van der Waals surface area contributed by atoms with Crippen LogP contribution in [-0.4, -0.2) is 62.5 Å². The number of amides is 2. The number of benzene rings is 1. The van der Waals surface area contributed by atoms with Crippen molar-refractivity contribution in [3.8, 4) is 5.75 Å². The van der Waals surface area contributed by atoms with Crippen LogP contribution in [-0.2, 0) is 16.1 Å². The molecule has 1 aliphatic rings. The quantitative estimate of drug-likeness (QED) is 0.793. The number of hydrogen-bond acceptors (Lipinski definition) is 4. The van der Waals surface area contributed by atoms with Gasteiger partial charge in [-0.2, -0.15) is 0 Å². The van der Waals surface area contributed by atoms with Crippen LogP contribution >= 0.6 is 0 Å². The van der Waals surface area contributed by atoms with Crippen LogP contribution in [0.4, 0.5) is 8.78 Å². The Bertz CT molecular complexity index is 652. The molecule has 1 aliphatic heterocycles. The zero-order valence-electron chi connectivity index (χ0n) is 14.6. The number of nitrogens with zero attached hydrogens (tertiary/aromatic N) is 2. The van der Waals surface area contributed by atoms with Crippen molar-refractivity contribution in [1.82, 2.24) is 15.1 Å². The van der Waals surface area contributed by atoms with Gasteiger partial charge < -0.3 is 19.9 Å². The summed E-state index contributed by atoms with van der Waals surface area (Å²) >= 11 is 0. The van der Waals surface area contributed by atoms with E-state index in [1.807, 2.05) is 19.0 Å². The summed E-state index contributed by atoms with van der Waals surface area (Å²) in [5.74, 6) is -2.65. The van der Waals surface area contributed by atoms with E-state index < -0.39 is 17.6 Å². The molecule has 2 amide bonds. The second kappa shape index (κ2) is 8.24. The van der Waals surface area contributed by atoms with E-state index >= 15 is 0 Å². The molecule has 0 unspecified atom stereocenters. The molecule has 0 bridgehead atoms. The van der Waals surface area contributed by atoms with Crippen molar-refractivity contribution in [2.45, 2.75) is 13.0 Å². The predicted octanol–water partition coefficient (Wildman–Crippen LogP) is 1.000. The summed E-state index contributed by atoms with van der Waals surface area (Å²) in [5, 5.41) is 2.52. The van der Waals surface area contributed by atoms with E-state index in [-0.39, 0.29) is 36.1 Å². The number of likely N-dealkylation sites (N-methyl/N-ethyl adjacent to an activating group) is 1. The second-order valence-corrected chi connectivity index (χ2v) is 6.30. The molecule has 1 aromatic carbocycles. The maximum atomic E-state index is 14.1. The summed E-state index contributed by atoms with van der Waals surface area (Å²) in [6.45, 7) is 1.28. The average Bonchev–Trinajstić information content (AvgIpc) is 2.93. The van der Waals surface area contributed by atoms with Gasteiger partial charge in [0.05, 0.1) is 13.0 Å². The fourth-order valence-corrected chi connectivity index (χ4v) is 2.70. The monoisotopic (exact) mass is 355 g/mol. The molecule has 0 saturated carbocycles. The Balaban J connectivity index is 1.94. The molecule has 2 rings (SSSR count). The Labute approximate surface area is 145 Å². The Morgan fingerprint density at radius 1 is 1.40 bits per heavy atom. The number of rotatable bonds is 7. The predicted molar refractivity (Wildman–Crippen MR) is 88.0 cm³/mol. The molecule has 138 valence electrons. The first kappa shape index (κ1) is 19.1. The van der Waals surface area contributed by atoms with Gasteiger partial charge in [0.1, 0.15) is 5.82 Å². The fourth-order valence-electron chi connectivity index (χ4n) is 2.70. The number of carbonyl (C=O) groups excluding carboxylic acids is 2. The molecule has 1 saturated heterocycles. The Kier molecular flexibility index (Phi) is 6.30. The topological polar surface area (TPSA) is 61.9 Å². The molecule has 0 radical (unpaired) electrons.